The summed E-state index contributed by atoms with van der Waals surface area (Å²) >= 11 is 0. The van der Waals surface area contributed by atoms with Crippen molar-refractivity contribution in [3.05, 3.63) is 54.4 Å². The molecule has 1 aromatic heterocycles. The number of carbonyl (C=O) groups excluding carboxylic acids is 1. The van der Waals surface area contributed by atoms with Gasteiger partial charge >= 0.3 is 0 Å². The van der Waals surface area contributed by atoms with Crippen LogP contribution in [0.2, 0.25) is 0 Å². The predicted molar refractivity (Wildman–Crippen MR) is 97.6 cm³/mol. The number of carbonyl (C=O) groups is 1. The minimum Gasteiger partial charge on any atom is -0.350 e. The molecule has 0 saturated carbocycles. The summed E-state index contributed by atoms with van der Waals surface area (Å²) in [6.45, 7) is 2.79. The van der Waals surface area contributed by atoms with Gasteiger partial charge in [0.25, 0.3) is 0 Å². The monoisotopic (exact) mass is 353 g/mol. The number of amides is 1. The number of para-hydroxylation sites is 1. The highest BCUT2D eigenvalue weighted by Crippen LogP contribution is 2.25. The summed E-state index contributed by atoms with van der Waals surface area (Å²) in [5.74, 6) is 0.296. The molecule has 6 nitrogen and oxygen atoms in total. The Labute approximate surface area is 153 Å². The van der Waals surface area contributed by atoms with Crippen LogP contribution in [0, 0.1) is 5.92 Å². The van der Waals surface area contributed by atoms with Crippen molar-refractivity contribution in [1.29, 1.82) is 0 Å². The second-order valence-electron chi connectivity index (χ2n) is 6.68. The molecule has 0 spiro atoms. The lowest BCUT2D eigenvalue weighted by molar-refractivity contribution is -0.134. The molecule has 1 aromatic carbocycles. The SMILES string of the molecule is O=C(/C=C/c1cnn(-c2ccccc2)c1)N1CCCC(C2OCCO2)C1. The first-order valence-electron chi connectivity index (χ1n) is 9.10. The fourth-order valence-corrected chi connectivity index (χ4v) is 3.50. The van der Waals surface area contributed by atoms with Crippen molar-refractivity contribution in [1.82, 2.24) is 14.7 Å². The van der Waals surface area contributed by atoms with Gasteiger partial charge in [0.05, 0.1) is 25.1 Å². The van der Waals surface area contributed by atoms with Gasteiger partial charge in [-0.3, -0.25) is 4.79 Å². The van der Waals surface area contributed by atoms with Gasteiger partial charge in [0, 0.05) is 36.8 Å². The molecule has 0 N–H and O–H groups in total. The normalized spacial score (nSPS) is 21.5. The van der Waals surface area contributed by atoms with Crippen LogP contribution in [0.15, 0.2) is 48.8 Å². The lowest BCUT2D eigenvalue weighted by Gasteiger charge is -2.34. The Morgan fingerprint density at radius 1 is 1.19 bits per heavy atom. The average molecular weight is 353 g/mol. The molecule has 26 heavy (non-hydrogen) atoms. The van der Waals surface area contributed by atoms with Gasteiger partial charge in [0.15, 0.2) is 6.29 Å². The predicted octanol–water partition coefficient (Wildman–Crippen LogP) is 2.50. The zero-order valence-electron chi connectivity index (χ0n) is 14.7. The van der Waals surface area contributed by atoms with E-state index in [1.807, 2.05) is 47.5 Å². The van der Waals surface area contributed by atoms with Crippen molar-refractivity contribution >= 4 is 12.0 Å². The van der Waals surface area contributed by atoms with Crippen molar-refractivity contribution < 1.29 is 14.3 Å². The molecule has 1 unspecified atom stereocenters. The number of hydrogen-bond acceptors (Lipinski definition) is 4. The summed E-state index contributed by atoms with van der Waals surface area (Å²) < 4.78 is 13.0. The third-order valence-corrected chi connectivity index (χ3v) is 4.84. The summed E-state index contributed by atoms with van der Waals surface area (Å²) in [4.78, 5) is 14.4. The van der Waals surface area contributed by atoms with Gasteiger partial charge in [-0.2, -0.15) is 5.10 Å². The number of ether oxygens (including phenoxy) is 2. The van der Waals surface area contributed by atoms with Gasteiger partial charge in [-0.15, -0.1) is 0 Å². The minimum absolute atomic E-state index is 0.0279. The Bertz CT molecular complexity index is 766. The van der Waals surface area contributed by atoms with Crippen molar-refractivity contribution in [3.63, 3.8) is 0 Å². The number of benzene rings is 1. The molecule has 4 rings (SSSR count). The van der Waals surface area contributed by atoms with Crippen molar-refractivity contribution in [2.45, 2.75) is 19.1 Å². The molecule has 136 valence electrons. The summed E-state index contributed by atoms with van der Waals surface area (Å²) in [5, 5.41) is 4.35. The van der Waals surface area contributed by atoms with E-state index in [9.17, 15) is 4.79 Å². The van der Waals surface area contributed by atoms with E-state index in [0.29, 0.717) is 19.8 Å². The van der Waals surface area contributed by atoms with Crippen molar-refractivity contribution in [2.75, 3.05) is 26.3 Å². The smallest absolute Gasteiger partial charge is 0.246 e. The summed E-state index contributed by atoms with van der Waals surface area (Å²) in [5.41, 5.74) is 1.90. The number of aromatic nitrogens is 2. The van der Waals surface area contributed by atoms with Gasteiger partial charge in [0.2, 0.25) is 5.91 Å². The second kappa shape index (κ2) is 7.85. The van der Waals surface area contributed by atoms with Crippen molar-refractivity contribution in [3.8, 4) is 5.69 Å². The molecule has 2 aliphatic rings. The van der Waals surface area contributed by atoms with Crippen LogP contribution in [-0.4, -0.2) is 53.2 Å². The zero-order valence-corrected chi connectivity index (χ0v) is 14.7. The van der Waals surface area contributed by atoms with Gasteiger partial charge < -0.3 is 14.4 Å². The van der Waals surface area contributed by atoms with E-state index >= 15 is 0 Å². The highest BCUT2D eigenvalue weighted by molar-refractivity contribution is 5.91. The fraction of sp³-hybridized carbons (Fsp3) is 0.400. The Hall–Kier alpha value is -2.44. The topological polar surface area (TPSA) is 56.6 Å². The summed E-state index contributed by atoms with van der Waals surface area (Å²) in [7, 11) is 0. The highest BCUT2D eigenvalue weighted by atomic mass is 16.7. The average Bonchev–Trinajstić information content (AvgIpc) is 3.39. The molecule has 2 aromatic rings. The summed E-state index contributed by atoms with van der Waals surface area (Å²) in [6, 6.07) is 9.90. The van der Waals surface area contributed by atoms with Crippen LogP contribution in [0.1, 0.15) is 18.4 Å². The lowest BCUT2D eigenvalue weighted by Crippen LogP contribution is -2.43. The van der Waals surface area contributed by atoms with Gasteiger partial charge in [-0.25, -0.2) is 4.68 Å². The van der Waals surface area contributed by atoms with Crippen LogP contribution in [0.25, 0.3) is 11.8 Å². The molecule has 3 heterocycles. The molecule has 2 saturated heterocycles. The Morgan fingerprint density at radius 3 is 2.81 bits per heavy atom. The van der Waals surface area contributed by atoms with E-state index in [0.717, 1.165) is 30.6 Å². The van der Waals surface area contributed by atoms with Gasteiger partial charge in [-0.1, -0.05) is 18.2 Å². The van der Waals surface area contributed by atoms with Gasteiger partial charge in [-0.05, 0) is 31.1 Å². The van der Waals surface area contributed by atoms with Crippen LogP contribution in [0.4, 0.5) is 0 Å². The molecule has 1 amide bonds. The maximum absolute atomic E-state index is 12.5. The van der Waals surface area contributed by atoms with Gasteiger partial charge in [0.1, 0.15) is 0 Å². The number of likely N-dealkylation sites (tertiary alicyclic amines) is 1. The first-order chi connectivity index (χ1) is 12.8. The standard InChI is InChI=1S/C20H23N3O3/c24-19(22-10-4-5-17(15-22)20-25-11-12-26-20)9-8-16-13-21-23(14-16)18-6-2-1-3-7-18/h1-3,6-9,13-14,17,20H,4-5,10-12,15H2/b9-8+. The molecular weight excluding hydrogens is 330 g/mol. The van der Waals surface area contributed by atoms with E-state index in [-0.39, 0.29) is 18.1 Å². The highest BCUT2D eigenvalue weighted by Gasteiger charge is 2.32. The molecule has 1 atom stereocenters. The molecule has 2 aliphatic heterocycles. The number of hydrogen-bond donors (Lipinski definition) is 0. The third kappa shape index (κ3) is 3.86. The van der Waals surface area contributed by atoms with Crippen LogP contribution in [0.3, 0.4) is 0 Å². The molecule has 0 radical (unpaired) electrons. The van der Waals surface area contributed by atoms with E-state index < -0.39 is 0 Å². The Morgan fingerprint density at radius 2 is 2.00 bits per heavy atom. The number of piperidine rings is 1. The number of nitrogens with zero attached hydrogens (tertiary/aromatic N) is 3. The zero-order chi connectivity index (χ0) is 17.8. The van der Waals surface area contributed by atoms with Crippen molar-refractivity contribution in [2.24, 2.45) is 5.92 Å². The Kier molecular flexibility index (Phi) is 5.13. The lowest BCUT2D eigenvalue weighted by atomic mass is 9.97. The molecular formula is C20H23N3O3. The number of rotatable bonds is 4. The van der Waals surface area contributed by atoms with Crippen LogP contribution in [-0.2, 0) is 14.3 Å². The van der Waals surface area contributed by atoms with Crippen LogP contribution in [0.5, 0.6) is 0 Å². The quantitative estimate of drug-likeness (QED) is 0.793. The second-order valence-corrected chi connectivity index (χ2v) is 6.68. The molecule has 6 heteroatoms. The van der Waals surface area contributed by atoms with Crippen LogP contribution >= 0.6 is 0 Å². The fourth-order valence-electron chi connectivity index (χ4n) is 3.50. The minimum atomic E-state index is -0.154. The van der Waals surface area contributed by atoms with E-state index in [2.05, 4.69) is 5.10 Å². The van der Waals surface area contributed by atoms with E-state index in [1.54, 1.807) is 17.0 Å². The maximum atomic E-state index is 12.5. The molecule has 0 aliphatic carbocycles. The first kappa shape index (κ1) is 17.0. The summed E-state index contributed by atoms with van der Waals surface area (Å²) in [6.07, 6.45) is 9.00. The molecule has 2 fully saturated rings. The van der Waals surface area contributed by atoms with E-state index in [1.165, 1.54) is 0 Å². The largest absolute Gasteiger partial charge is 0.350 e. The van der Waals surface area contributed by atoms with E-state index in [4.69, 9.17) is 9.47 Å². The Balaban J connectivity index is 1.37. The maximum Gasteiger partial charge on any atom is 0.246 e. The first-order valence-corrected chi connectivity index (χ1v) is 9.10. The third-order valence-electron chi connectivity index (χ3n) is 4.84. The van der Waals surface area contributed by atoms with Crippen LogP contribution < -0.4 is 0 Å². The molecule has 0 bridgehead atoms.